The summed E-state index contributed by atoms with van der Waals surface area (Å²) in [7, 11) is 0. The van der Waals surface area contributed by atoms with Crippen molar-refractivity contribution >= 4 is 44.9 Å². The van der Waals surface area contributed by atoms with E-state index in [1.165, 1.54) is 0 Å². The molecule has 5 heteroatoms. The van der Waals surface area contributed by atoms with E-state index in [0.717, 1.165) is 10.2 Å². The predicted octanol–water partition coefficient (Wildman–Crippen LogP) is 3.99. The lowest BCUT2D eigenvalue weighted by molar-refractivity contribution is 0.0977. The minimum Gasteiger partial charge on any atom is -0.319 e. The topological polar surface area (TPSA) is 32.3 Å². The molecule has 3 nitrogen and oxygen atoms in total. The maximum absolute atomic E-state index is 12.2. The molecular weight excluding hydrogens is 348 g/mol. The highest BCUT2D eigenvalue weighted by atomic mass is 79.9. The molecule has 0 heterocycles. The highest BCUT2D eigenvalue weighted by Crippen LogP contribution is 2.14. The molecule has 0 aliphatic heterocycles. The van der Waals surface area contributed by atoms with Crippen LogP contribution in [0.25, 0.3) is 0 Å². The van der Waals surface area contributed by atoms with Gasteiger partial charge >= 0.3 is 0 Å². The molecule has 0 saturated heterocycles. The first kappa shape index (κ1) is 15.7. The Hall–Kier alpha value is -1.72. The Labute approximate surface area is 138 Å². The normalized spacial score (nSPS) is 10.0. The van der Waals surface area contributed by atoms with Crippen molar-refractivity contribution in [1.82, 2.24) is 5.32 Å². The fourth-order valence-electron chi connectivity index (χ4n) is 1.92. The highest BCUT2D eigenvalue weighted by Gasteiger charge is 2.14. The molecule has 0 fully saturated rings. The monoisotopic (exact) mass is 362 g/mol. The number of hydrogen-bond acceptors (Lipinski definition) is 2. The molecule has 0 radical (unpaired) electrons. The molecule has 0 saturated carbocycles. The first-order chi connectivity index (χ1) is 10.1. The summed E-state index contributed by atoms with van der Waals surface area (Å²) >= 11 is 8.70. The standard InChI is InChI=1S/C16H15BrN2OS/c1-2-19(14-9-4-3-5-10-14)16(21)18-15(20)12-7-6-8-13(17)11-12/h3-11H,2H2,1H3,(H,18,20,21). The minimum absolute atomic E-state index is 0.212. The van der Waals surface area contributed by atoms with Gasteiger partial charge in [-0.15, -0.1) is 0 Å². The molecule has 21 heavy (non-hydrogen) atoms. The molecule has 0 atom stereocenters. The van der Waals surface area contributed by atoms with E-state index < -0.39 is 0 Å². The van der Waals surface area contributed by atoms with E-state index in [0.29, 0.717) is 17.2 Å². The Kier molecular flexibility index (Phi) is 5.47. The van der Waals surface area contributed by atoms with Gasteiger partial charge in [-0.3, -0.25) is 10.1 Å². The van der Waals surface area contributed by atoms with E-state index in [9.17, 15) is 4.79 Å². The number of nitrogens with one attached hydrogen (secondary N) is 1. The molecule has 0 bridgehead atoms. The second-order valence-electron chi connectivity index (χ2n) is 4.35. The second kappa shape index (κ2) is 7.33. The number of para-hydroxylation sites is 1. The predicted molar refractivity (Wildman–Crippen MR) is 93.7 cm³/mol. The Balaban J connectivity index is 2.11. The van der Waals surface area contributed by atoms with Gasteiger partial charge in [0.1, 0.15) is 0 Å². The molecule has 0 aliphatic carbocycles. The van der Waals surface area contributed by atoms with Crippen molar-refractivity contribution in [3.8, 4) is 0 Å². The summed E-state index contributed by atoms with van der Waals surface area (Å²) in [6.07, 6.45) is 0. The van der Waals surface area contributed by atoms with Crippen molar-refractivity contribution < 1.29 is 4.79 Å². The van der Waals surface area contributed by atoms with Gasteiger partial charge in [0.2, 0.25) is 0 Å². The lowest BCUT2D eigenvalue weighted by atomic mass is 10.2. The second-order valence-corrected chi connectivity index (χ2v) is 5.65. The number of carbonyl (C=O) groups is 1. The first-order valence-electron chi connectivity index (χ1n) is 6.55. The van der Waals surface area contributed by atoms with Gasteiger partial charge in [0, 0.05) is 22.3 Å². The SMILES string of the molecule is CCN(C(=S)NC(=O)c1cccc(Br)c1)c1ccccc1. The summed E-state index contributed by atoms with van der Waals surface area (Å²) in [5.74, 6) is -0.212. The summed E-state index contributed by atoms with van der Waals surface area (Å²) < 4.78 is 0.858. The Bertz CT molecular complexity index is 646. The smallest absolute Gasteiger partial charge is 0.257 e. The maximum Gasteiger partial charge on any atom is 0.257 e. The fraction of sp³-hybridized carbons (Fsp3) is 0.125. The van der Waals surface area contributed by atoms with Crippen molar-refractivity contribution in [1.29, 1.82) is 0 Å². The van der Waals surface area contributed by atoms with Crippen LogP contribution in [0.5, 0.6) is 0 Å². The molecule has 2 rings (SSSR count). The molecule has 1 amide bonds. The number of benzene rings is 2. The maximum atomic E-state index is 12.2. The average molecular weight is 363 g/mol. The van der Waals surface area contributed by atoms with Crippen molar-refractivity contribution in [3.63, 3.8) is 0 Å². The Morgan fingerprint density at radius 3 is 2.52 bits per heavy atom. The van der Waals surface area contributed by atoms with Crippen molar-refractivity contribution in [2.75, 3.05) is 11.4 Å². The molecule has 1 N–H and O–H groups in total. The van der Waals surface area contributed by atoms with Crippen LogP contribution in [0, 0.1) is 0 Å². The van der Waals surface area contributed by atoms with Crippen molar-refractivity contribution in [2.45, 2.75) is 6.92 Å². The van der Waals surface area contributed by atoms with E-state index in [1.54, 1.807) is 12.1 Å². The number of nitrogens with zero attached hydrogens (tertiary/aromatic N) is 1. The zero-order chi connectivity index (χ0) is 15.2. The van der Waals surface area contributed by atoms with E-state index in [2.05, 4.69) is 21.2 Å². The number of anilines is 1. The van der Waals surface area contributed by atoms with Crippen LogP contribution >= 0.6 is 28.1 Å². The third-order valence-corrected chi connectivity index (χ3v) is 3.75. The molecule has 2 aromatic rings. The largest absolute Gasteiger partial charge is 0.319 e. The van der Waals surface area contributed by atoms with Crippen LogP contribution in [0.3, 0.4) is 0 Å². The molecule has 0 aromatic heterocycles. The number of hydrogen-bond donors (Lipinski definition) is 1. The number of carbonyl (C=O) groups excluding carboxylic acids is 1. The van der Waals surface area contributed by atoms with E-state index >= 15 is 0 Å². The van der Waals surface area contributed by atoms with Gasteiger partial charge in [-0.2, -0.15) is 0 Å². The van der Waals surface area contributed by atoms with Crippen LogP contribution in [0.4, 0.5) is 5.69 Å². The summed E-state index contributed by atoms with van der Waals surface area (Å²) in [5, 5.41) is 3.17. The van der Waals surface area contributed by atoms with E-state index in [4.69, 9.17) is 12.2 Å². The van der Waals surface area contributed by atoms with Crippen molar-refractivity contribution in [3.05, 3.63) is 64.6 Å². The quantitative estimate of drug-likeness (QED) is 0.837. The number of rotatable bonds is 3. The van der Waals surface area contributed by atoms with Crippen LogP contribution in [0.2, 0.25) is 0 Å². The molecule has 0 spiro atoms. The highest BCUT2D eigenvalue weighted by molar-refractivity contribution is 9.10. The molecule has 108 valence electrons. The number of thiocarbonyl (C=S) groups is 1. The summed E-state index contributed by atoms with van der Waals surface area (Å²) in [5.41, 5.74) is 1.52. The van der Waals surface area contributed by atoms with Gasteiger partial charge in [-0.1, -0.05) is 40.2 Å². The minimum atomic E-state index is -0.212. The third-order valence-electron chi connectivity index (χ3n) is 2.94. The molecule has 2 aromatic carbocycles. The Morgan fingerprint density at radius 2 is 1.90 bits per heavy atom. The van der Waals surface area contributed by atoms with Crippen LogP contribution in [0.15, 0.2) is 59.1 Å². The van der Waals surface area contributed by atoms with Gasteiger partial charge in [0.15, 0.2) is 5.11 Å². The molecule has 0 aliphatic rings. The van der Waals surface area contributed by atoms with Gasteiger partial charge in [-0.05, 0) is 49.5 Å². The third kappa shape index (κ3) is 4.12. The van der Waals surface area contributed by atoms with Gasteiger partial charge in [0.25, 0.3) is 5.91 Å². The zero-order valence-electron chi connectivity index (χ0n) is 11.5. The molecular formula is C16H15BrN2OS. The fourth-order valence-corrected chi connectivity index (χ4v) is 2.64. The van der Waals surface area contributed by atoms with Crippen LogP contribution in [-0.4, -0.2) is 17.6 Å². The average Bonchev–Trinajstić information content (AvgIpc) is 2.49. The number of halogens is 1. The van der Waals surface area contributed by atoms with Crippen LogP contribution < -0.4 is 10.2 Å². The first-order valence-corrected chi connectivity index (χ1v) is 7.75. The van der Waals surface area contributed by atoms with Crippen LogP contribution in [-0.2, 0) is 0 Å². The summed E-state index contributed by atoms with van der Waals surface area (Å²) in [4.78, 5) is 14.1. The van der Waals surface area contributed by atoms with Crippen molar-refractivity contribution in [2.24, 2.45) is 0 Å². The van der Waals surface area contributed by atoms with E-state index in [-0.39, 0.29) is 5.91 Å². The zero-order valence-corrected chi connectivity index (χ0v) is 13.9. The van der Waals surface area contributed by atoms with E-state index in [1.807, 2.05) is 54.3 Å². The number of amides is 1. The summed E-state index contributed by atoms with van der Waals surface area (Å²) in [6, 6.07) is 16.9. The van der Waals surface area contributed by atoms with Gasteiger partial charge in [0.05, 0.1) is 0 Å². The van der Waals surface area contributed by atoms with Gasteiger partial charge in [-0.25, -0.2) is 0 Å². The summed E-state index contributed by atoms with van der Waals surface area (Å²) in [6.45, 7) is 2.67. The van der Waals surface area contributed by atoms with Gasteiger partial charge < -0.3 is 4.90 Å². The lowest BCUT2D eigenvalue weighted by Gasteiger charge is -2.23. The van der Waals surface area contributed by atoms with Crippen LogP contribution in [0.1, 0.15) is 17.3 Å². The lowest BCUT2D eigenvalue weighted by Crippen LogP contribution is -2.42. The molecule has 0 unspecified atom stereocenters. The Morgan fingerprint density at radius 1 is 1.19 bits per heavy atom.